The summed E-state index contributed by atoms with van der Waals surface area (Å²) in [6.07, 6.45) is 2.63. The summed E-state index contributed by atoms with van der Waals surface area (Å²) >= 11 is 5.52. The number of carbonyl (C=O) groups is 1. The molecule has 4 heteroatoms. The Bertz CT molecular complexity index is 722. The second-order valence-corrected chi connectivity index (χ2v) is 6.49. The number of primary amides is 1. The minimum Gasteiger partial charge on any atom is -0.392 e. The minimum absolute atomic E-state index is 0.250. The van der Waals surface area contributed by atoms with Gasteiger partial charge in [-0.2, -0.15) is 0 Å². The van der Waals surface area contributed by atoms with Crippen LogP contribution >= 0.6 is 12.2 Å². The van der Waals surface area contributed by atoms with Crippen LogP contribution in [0.5, 0.6) is 0 Å². The fraction of sp³-hybridized carbons (Fsp3) is 0.263. The van der Waals surface area contributed by atoms with Crippen molar-refractivity contribution in [1.29, 1.82) is 0 Å². The average Bonchev–Trinajstić information content (AvgIpc) is 2.68. The molecule has 1 amide bonds. The van der Waals surface area contributed by atoms with Gasteiger partial charge in [0, 0.05) is 6.42 Å². The fourth-order valence-electron chi connectivity index (χ4n) is 3.69. The van der Waals surface area contributed by atoms with E-state index in [9.17, 15) is 4.79 Å². The molecule has 2 aromatic rings. The molecule has 2 aromatic carbocycles. The van der Waals surface area contributed by atoms with Crippen molar-refractivity contribution in [2.75, 3.05) is 0 Å². The van der Waals surface area contributed by atoms with Gasteiger partial charge in [0.2, 0.25) is 5.91 Å². The SMILES string of the molecule is NC(=O)CCC1(C(N)=S)c2ccccc2CCc2ccccc21. The Labute approximate surface area is 141 Å². The summed E-state index contributed by atoms with van der Waals surface area (Å²) in [6, 6.07) is 16.5. The van der Waals surface area contributed by atoms with Crippen molar-refractivity contribution in [3.8, 4) is 0 Å². The van der Waals surface area contributed by atoms with Crippen molar-refractivity contribution in [2.45, 2.75) is 31.1 Å². The quantitative estimate of drug-likeness (QED) is 0.850. The topological polar surface area (TPSA) is 69.1 Å². The predicted molar refractivity (Wildman–Crippen MR) is 96.3 cm³/mol. The number of benzene rings is 2. The first-order chi connectivity index (χ1) is 11.1. The zero-order valence-corrected chi connectivity index (χ0v) is 13.7. The predicted octanol–water partition coefficient (Wildman–Crippen LogP) is 2.62. The minimum atomic E-state index is -0.631. The normalized spacial score (nSPS) is 15.1. The molecule has 3 rings (SSSR count). The number of amides is 1. The number of rotatable bonds is 4. The number of hydrogen-bond acceptors (Lipinski definition) is 2. The highest BCUT2D eigenvalue weighted by Crippen LogP contribution is 2.43. The molecule has 1 aliphatic carbocycles. The van der Waals surface area contributed by atoms with E-state index < -0.39 is 5.41 Å². The molecule has 0 aromatic heterocycles. The maximum Gasteiger partial charge on any atom is 0.217 e. The Kier molecular flexibility index (Phi) is 4.18. The lowest BCUT2D eigenvalue weighted by Gasteiger charge is -2.35. The van der Waals surface area contributed by atoms with Gasteiger partial charge >= 0.3 is 0 Å². The number of hydrogen-bond donors (Lipinski definition) is 2. The van der Waals surface area contributed by atoms with Gasteiger partial charge in [-0.25, -0.2) is 0 Å². The van der Waals surface area contributed by atoms with E-state index in [1.165, 1.54) is 11.1 Å². The summed E-state index contributed by atoms with van der Waals surface area (Å²) in [7, 11) is 0. The smallest absolute Gasteiger partial charge is 0.217 e. The molecule has 0 aliphatic heterocycles. The standard InChI is InChI=1S/C19H20N2OS/c20-17(22)11-12-19(18(21)23)15-7-3-1-5-13(15)9-10-14-6-2-4-8-16(14)19/h1-8H,9-12H2,(H2,20,22)(H2,21,23). The molecule has 0 unspecified atom stereocenters. The summed E-state index contributed by atoms with van der Waals surface area (Å²) in [5, 5.41) is 0. The van der Waals surface area contributed by atoms with E-state index in [0.29, 0.717) is 11.4 Å². The van der Waals surface area contributed by atoms with Gasteiger partial charge in [-0.15, -0.1) is 0 Å². The van der Waals surface area contributed by atoms with E-state index in [4.69, 9.17) is 23.7 Å². The zero-order valence-electron chi connectivity index (χ0n) is 12.9. The van der Waals surface area contributed by atoms with Gasteiger partial charge in [-0.3, -0.25) is 4.79 Å². The summed E-state index contributed by atoms with van der Waals surface area (Å²) in [5.74, 6) is -0.333. The van der Waals surface area contributed by atoms with Crippen molar-refractivity contribution < 1.29 is 4.79 Å². The van der Waals surface area contributed by atoms with Crippen LogP contribution in [0.25, 0.3) is 0 Å². The Morgan fingerprint density at radius 3 is 1.87 bits per heavy atom. The largest absolute Gasteiger partial charge is 0.392 e. The highest BCUT2D eigenvalue weighted by molar-refractivity contribution is 7.80. The monoisotopic (exact) mass is 324 g/mol. The number of fused-ring (bicyclic) bond motifs is 2. The lowest BCUT2D eigenvalue weighted by atomic mass is 9.69. The van der Waals surface area contributed by atoms with Crippen molar-refractivity contribution in [3.05, 3.63) is 70.8 Å². The lowest BCUT2D eigenvalue weighted by molar-refractivity contribution is -0.118. The van der Waals surface area contributed by atoms with Crippen molar-refractivity contribution >= 4 is 23.1 Å². The van der Waals surface area contributed by atoms with Crippen molar-refractivity contribution in [3.63, 3.8) is 0 Å². The van der Waals surface area contributed by atoms with E-state index >= 15 is 0 Å². The Morgan fingerprint density at radius 2 is 1.43 bits per heavy atom. The van der Waals surface area contributed by atoms with Gasteiger partial charge in [0.05, 0.1) is 10.4 Å². The molecule has 1 aliphatic rings. The molecule has 4 N–H and O–H groups in total. The fourth-order valence-corrected chi connectivity index (χ4v) is 4.01. The molecular formula is C19H20N2OS. The van der Waals surface area contributed by atoms with Crippen molar-refractivity contribution in [2.24, 2.45) is 11.5 Å². The first-order valence-corrected chi connectivity index (χ1v) is 8.21. The Morgan fingerprint density at radius 1 is 0.957 bits per heavy atom. The van der Waals surface area contributed by atoms with E-state index in [1.807, 2.05) is 24.3 Å². The second-order valence-electron chi connectivity index (χ2n) is 6.05. The molecule has 118 valence electrons. The third kappa shape index (κ3) is 2.63. The van der Waals surface area contributed by atoms with Gasteiger partial charge in [0.1, 0.15) is 0 Å². The van der Waals surface area contributed by atoms with Crippen LogP contribution in [0.3, 0.4) is 0 Å². The molecule has 0 radical (unpaired) electrons. The van der Waals surface area contributed by atoms with Crippen LogP contribution in [0.15, 0.2) is 48.5 Å². The highest BCUT2D eigenvalue weighted by Gasteiger charge is 2.41. The number of nitrogens with two attached hydrogens (primary N) is 2. The third-order valence-electron chi connectivity index (χ3n) is 4.79. The van der Waals surface area contributed by atoms with Gasteiger partial charge in [0.15, 0.2) is 0 Å². The van der Waals surface area contributed by atoms with E-state index in [-0.39, 0.29) is 12.3 Å². The van der Waals surface area contributed by atoms with Crippen LogP contribution in [-0.2, 0) is 23.1 Å². The van der Waals surface area contributed by atoms with Gasteiger partial charge < -0.3 is 11.5 Å². The molecule has 0 saturated heterocycles. The van der Waals surface area contributed by atoms with Crippen LogP contribution in [0.2, 0.25) is 0 Å². The summed E-state index contributed by atoms with van der Waals surface area (Å²) < 4.78 is 0. The molecule has 3 nitrogen and oxygen atoms in total. The Hall–Kier alpha value is -2.20. The zero-order chi connectivity index (χ0) is 16.4. The first-order valence-electron chi connectivity index (χ1n) is 7.80. The maximum absolute atomic E-state index is 11.5. The average molecular weight is 324 g/mol. The van der Waals surface area contributed by atoms with E-state index in [0.717, 1.165) is 24.0 Å². The lowest BCUT2D eigenvalue weighted by Crippen LogP contribution is -2.42. The molecule has 0 heterocycles. The number of carbonyl (C=O) groups excluding carboxylic acids is 1. The number of aryl methyl sites for hydroxylation is 2. The second kappa shape index (κ2) is 6.13. The molecule has 0 spiro atoms. The first kappa shape index (κ1) is 15.7. The van der Waals surface area contributed by atoms with Crippen LogP contribution in [-0.4, -0.2) is 10.9 Å². The van der Waals surface area contributed by atoms with E-state index in [2.05, 4.69) is 24.3 Å². The van der Waals surface area contributed by atoms with Gasteiger partial charge in [-0.05, 0) is 41.5 Å². The van der Waals surface area contributed by atoms with Crippen molar-refractivity contribution in [1.82, 2.24) is 0 Å². The van der Waals surface area contributed by atoms with Crippen LogP contribution in [0, 0.1) is 0 Å². The molecule has 0 saturated carbocycles. The highest BCUT2D eigenvalue weighted by atomic mass is 32.1. The summed E-state index contributed by atoms with van der Waals surface area (Å²) in [4.78, 5) is 11.9. The van der Waals surface area contributed by atoms with Crippen LogP contribution in [0.4, 0.5) is 0 Å². The number of thiocarbonyl (C=S) groups is 1. The van der Waals surface area contributed by atoms with Crippen LogP contribution < -0.4 is 11.5 Å². The molecule has 23 heavy (non-hydrogen) atoms. The molecule has 0 atom stereocenters. The summed E-state index contributed by atoms with van der Waals surface area (Å²) in [5.41, 5.74) is 15.8. The van der Waals surface area contributed by atoms with Crippen LogP contribution in [0.1, 0.15) is 35.1 Å². The van der Waals surface area contributed by atoms with Gasteiger partial charge in [0.25, 0.3) is 0 Å². The molecular weight excluding hydrogens is 304 g/mol. The third-order valence-corrected chi connectivity index (χ3v) is 5.13. The maximum atomic E-state index is 11.5. The Balaban J connectivity index is 2.29. The summed E-state index contributed by atoms with van der Waals surface area (Å²) in [6.45, 7) is 0. The van der Waals surface area contributed by atoms with E-state index in [1.54, 1.807) is 0 Å². The molecule has 0 bridgehead atoms. The van der Waals surface area contributed by atoms with Gasteiger partial charge in [-0.1, -0.05) is 60.7 Å². The molecule has 0 fully saturated rings.